The maximum Gasteiger partial charge on any atom is 0.133 e. The van der Waals surface area contributed by atoms with Crippen molar-refractivity contribution in [1.82, 2.24) is 0 Å². The molecule has 0 saturated carbocycles. The van der Waals surface area contributed by atoms with E-state index in [1.54, 1.807) is 0 Å². The molecular formula is C5H7N3S. The number of rotatable bonds is 2. The predicted octanol–water partition coefficient (Wildman–Crippen LogP) is 0.452. The van der Waals surface area contributed by atoms with Crippen molar-refractivity contribution in [3.05, 3.63) is 0 Å². The summed E-state index contributed by atoms with van der Waals surface area (Å²) in [7, 11) is 0. The van der Waals surface area contributed by atoms with Gasteiger partial charge in [-0.15, -0.1) is 0 Å². The Morgan fingerprint density at radius 1 is 1.89 bits per heavy atom. The molecule has 1 unspecified atom stereocenters. The Hall–Kier alpha value is -0.950. The second-order valence-electron chi connectivity index (χ2n) is 1.65. The van der Waals surface area contributed by atoms with Crippen LogP contribution in [0.3, 0.4) is 0 Å². The summed E-state index contributed by atoms with van der Waals surface area (Å²) in [5.74, 6) is -0.681. The number of thiocarbonyl (C=S) groups is 1. The Labute approximate surface area is 59.0 Å². The van der Waals surface area contributed by atoms with Gasteiger partial charge in [0.15, 0.2) is 0 Å². The van der Waals surface area contributed by atoms with Gasteiger partial charge in [0.1, 0.15) is 5.92 Å². The average Bonchev–Trinajstić information content (AvgIpc) is 1.64. The smallest absolute Gasteiger partial charge is 0.133 e. The van der Waals surface area contributed by atoms with Gasteiger partial charge in [-0.3, -0.25) is 0 Å². The largest absolute Gasteiger partial charge is 0.392 e. The highest BCUT2D eigenvalue weighted by Gasteiger charge is 2.11. The van der Waals surface area contributed by atoms with Gasteiger partial charge >= 0.3 is 0 Å². The maximum absolute atomic E-state index is 8.31. The summed E-state index contributed by atoms with van der Waals surface area (Å²) in [6, 6.07) is 1.81. The zero-order valence-corrected chi connectivity index (χ0v) is 5.83. The molecule has 0 radical (unpaired) electrons. The van der Waals surface area contributed by atoms with E-state index in [4.69, 9.17) is 16.4 Å². The van der Waals surface area contributed by atoms with Gasteiger partial charge < -0.3 is 11.1 Å². The van der Waals surface area contributed by atoms with Gasteiger partial charge in [0.05, 0.1) is 11.1 Å². The molecule has 0 rings (SSSR count). The molecule has 0 aromatic rings. The van der Waals surface area contributed by atoms with Crippen LogP contribution in [0.5, 0.6) is 0 Å². The minimum atomic E-state index is -0.681. The van der Waals surface area contributed by atoms with Crippen LogP contribution in [-0.2, 0) is 0 Å². The Kier molecular flexibility index (Phi) is 2.82. The van der Waals surface area contributed by atoms with Crippen LogP contribution in [0.2, 0.25) is 0 Å². The van der Waals surface area contributed by atoms with E-state index in [1.807, 2.05) is 6.07 Å². The van der Waals surface area contributed by atoms with Gasteiger partial charge in [-0.25, -0.2) is 0 Å². The third kappa shape index (κ3) is 2.20. The lowest BCUT2D eigenvalue weighted by Crippen LogP contribution is -2.24. The molecule has 0 saturated heterocycles. The standard InChI is InChI=1S/C5H7N3S/c1-3(7)4(2-6)5(8)9/h4,7H,1H3,(H2,8,9). The van der Waals surface area contributed by atoms with Gasteiger partial charge in [0.25, 0.3) is 0 Å². The van der Waals surface area contributed by atoms with Crippen molar-refractivity contribution in [2.45, 2.75) is 6.92 Å². The molecular weight excluding hydrogens is 134 g/mol. The summed E-state index contributed by atoms with van der Waals surface area (Å²) >= 11 is 4.51. The molecule has 0 fully saturated rings. The lowest BCUT2D eigenvalue weighted by molar-refractivity contribution is 1.17. The summed E-state index contributed by atoms with van der Waals surface area (Å²) in [5, 5.41) is 15.3. The first-order valence-electron chi connectivity index (χ1n) is 2.33. The number of nitrogens with zero attached hydrogens (tertiary/aromatic N) is 1. The molecule has 48 valence electrons. The molecule has 0 bridgehead atoms. The van der Waals surface area contributed by atoms with Crippen LogP contribution in [0.4, 0.5) is 0 Å². The molecule has 0 aromatic carbocycles. The van der Waals surface area contributed by atoms with Crippen molar-refractivity contribution >= 4 is 22.9 Å². The number of nitriles is 1. The molecule has 1 atom stereocenters. The first-order valence-corrected chi connectivity index (χ1v) is 2.74. The summed E-state index contributed by atoms with van der Waals surface area (Å²) in [6.45, 7) is 1.51. The fraction of sp³-hybridized carbons (Fsp3) is 0.400. The third-order valence-corrected chi connectivity index (χ3v) is 1.08. The molecule has 4 heteroatoms. The minimum Gasteiger partial charge on any atom is -0.392 e. The molecule has 0 spiro atoms. The van der Waals surface area contributed by atoms with Crippen molar-refractivity contribution in [3.63, 3.8) is 0 Å². The number of nitrogens with one attached hydrogen (secondary N) is 1. The first-order chi connectivity index (χ1) is 4.09. The van der Waals surface area contributed by atoms with E-state index < -0.39 is 5.92 Å². The lowest BCUT2D eigenvalue weighted by atomic mass is 10.1. The van der Waals surface area contributed by atoms with Crippen LogP contribution in [0.25, 0.3) is 0 Å². The number of nitrogens with two attached hydrogens (primary N) is 1. The van der Waals surface area contributed by atoms with E-state index in [0.717, 1.165) is 0 Å². The molecule has 3 N–H and O–H groups in total. The van der Waals surface area contributed by atoms with Gasteiger partial charge in [-0.05, 0) is 6.92 Å². The summed E-state index contributed by atoms with van der Waals surface area (Å²) in [4.78, 5) is 0.0741. The molecule has 3 nitrogen and oxygen atoms in total. The Balaban J connectivity index is 4.22. The zero-order chi connectivity index (χ0) is 7.44. The molecule has 0 aliphatic carbocycles. The van der Waals surface area contributed by atoms with E-state index in [-0.39, 0.29) is 10.7 Å². The lowest BCUT2D eigenvalue weighted by Gasteiger charge is -2.01. The number of hydrogen-bond acceptors (Lipinski definition) is 3. The van der Waals surface area contributed by atoms with E-state index in [1.165, 1.54) is 6.92 Å². The summed E-state index contributed by atoms with van der Waals surface area (Å²) in [5.41, 5.74) is 5.32. The predicted molar refractivity (Wildman–Crippen MR) is 39.3 cm³/mol. The van der Waals surface area contributed by atoms with Crippen molar-refractivity contribution < 1.29 is 0 Å². The van der Waals surface area contributed by atoms with Crippen LogP contribution >= 0.6 is 12.2 Å². The minimum absolute atomic E-state index is 0.0741. The van der Waals surface area contributed by atoms with E-state index in [9.17, 15) is 0 Å². The maximum atomic E-state index is 8.31. The normalized spacial score (nSPS) is 11.6. The van der Waals surface area contributed by atoms with Crippen molar-refractivity contribution in [1.29, 1.82) is 10.7 Å². The topological polar surface area (TPSA) is 73.7 Å². The van der Waals surface area contributed by atoms with Gasteiger partial charge in [0.2, 0.25) is 0 Å². The summed E-state index contributed by atoms with van der Waals surface area (Å²) < 4.78 is 0. The molecule has 9 heavy (non-hydrogen) atoms. The van der Waals surface area contributed by atoms with Crippen molar-refractivity contribution in [3.8, 4) is 6.07 Å². The van der Waals surface area contributed by atoms with E-state index in [2.05, 4.69) is 12.2 Å². The highest BCUT2D eigenvalue weighted by Crippen LogP contribution is 1.95. The second kappa shape index (κ2) is 3.15. The van der Waals surface area contributed by atoms with Crippen LogP contribution < -0.4 is 5.73 Å². The Bertz CT molecular complexity index is 165. The molecule has 0 aromatic heterocycles. The quantitative estimate of drug-likeness (QED) is 0.433. The molecule has 0 aliphatic rings. The van der Waals surface area contributed by atoms with Crippen molar-refractivity contribution in [2.75, 3.05) is 0 Å². The SMILES string of the molecule is CC(=N)C(C#N)C(N)=S. The average molecular weight is 141 g/mol. The molecule has 0 amide bonds. The van der Waals surface area contributed by atoms with Crippen LogP contribution in [-0.4, -0.2) is 10.7 Å². The van der Waals surface area contributed by atoms with Gasteiger partial charge in [-0.1, -0.05) is 12.2 Å². The highest BCUT2D eigenvalue weighted by atomic mass is 32.1. The Morgan fingerprint density at radius 2 is 2.33 bits per heavy atom. The summed E-state index contributed by atoms with van der Waals surface area (Å²) in [6.07, 6.45) is 0. The molecule has 0 aliphatic heterocycles. The van der Waals surface area contributed by atoms with Crippen LogP contribution in [0, 0.1) is 22.7 Å². The zero-order valence-electron chi connectivity index (χ0n) is 5.01. The monoisotopic (exact) mass is 141 g/mol. The Morgan fingerprint density at radius 3 is 2.33 bits per heavy atom. The van der Waals surface area contributed by atoms with Crippen LogP contribution in [0.1, 0.15) is 6.92 Å². The fourth-order valence-electron chi connectivity index (χ4n) is 0.374. The number of hydrogen-bond donors (Lipinski definition) is 2. The first kappa shape index (κ1) is 8.05. The van der Waals surface area contributed by atoms with Crippen LogP contribution in [0.15, 0.2) is 0 Å². The molecule has 0 heterocycles. The van der Waals surface area contributed by atoms with Crippen molar-refractivity contribution in [2.24, 2.45) is 11.7 Å². The highest BCUT2D eigenvalue weighted by molar-refractivity contribution is 7.80. The van der Waals surface area contributed by atoms with Gasteiger partial charge in [0, 0.05) is 5.71 Å². The van der Waals surface area contributed by atoms with E-state index >= 15 is 0 Å². The fourth-order valence-corrected chi connectivity index (χ4v) is 0.603. The second-order valence-corrected chi connectivity index (χ2v) is 2.12. The van der Waals surface area contributed by atoms with E-state index in [0.29, 0.717) is 0 Å². The third-order valence-electron chi connectivity index (χ3n) is 0.847. The van der Waals surface area contributed by atoms with Gasteiger partial charge in [-0.2, -0.15) is 5.26 Å².